The molecular formula is C16H24N4O4S. The predicted octanol–water partition coefficient (Wildman–Crippen LogP) is 0.610. The summed E-state index contributed by atoms with van der Waals surface area (Å²) in [4.78, 5) is 24.0. The van der Waals surface area contributed by atoms with E-state index in [0.717, 1.165) is 21.5 Å². The number of fused-ring (bicyclic) bond motifs is 1. The molecule has 0 unspecified atom stereocenters. The number of para-hydroxylation sites is 2. The van der Waals surface area contributed by atoms with E-state index in [0.29, 0.717) is 24.5 Å². The van der Waals surface area contributed by atoms with Gasteiger partial charge in [-0.25, -0.2) is 8.61 Å². The Morgan fingerprint density at radius 2 is 1.28 bits per heavy atom. The van der Waals surface area contributed by atoms with E-state index in [4.69, 9.17) is 0 Å². The first-order chi connectivity index (χ1) is 11.9. The molecule has 2 rings (SSSR count). The van der Waals surface area contributed by atoms with Gasteiger partial charge < -0.3 is 10.6 Å². The number of anilines is 2. The van der Waals surface area contributed by atoms with Crippen LogP contribution in [0.4, 0.5) is 11.4 Å². The van der Waals surface area contributed by atoms with Gasteiger partial charge in [0.05, 0.1) is 11.4 Å². The first-order valence-electron chi connectivity index (χ1n) is 8.34. The van der Waals surface area contributed by atoms with Crippen molar-refractivity contribution in [3.8, 4) is 0 Å². The fourth-order valence-corrected chi connectivity index (χ4v) is 4.09. The zero-order valence-electron chi connectivity index (χ0n) is 14.5. The zero-order valence-corrected chi connectivity index (χ0v) is 15.3. The second-order valence-electron chi connectivity index (χ2n) is 5.71. The van der Waals surface area contributed by atoms with E-state index >= 15 is 0 Å². The predicted molar refractivity (Wildman–Crippen MR) is 96.7 cm³/mol. The van der Waals surface area contributed by atoms with Crippen molar-refractivity contribution in [3.05, 3.63) is 24.3 Å². The summed E-state index contributed by atoms with van der Waals surface area (Å²) >= 11 is 0. The lowest BCUT2D eigenvalue weighted by atomic mass is 10.2. The summed E-state index contributed by atoms with van der Waals surface area (Å²) in [5.41, 5.74) is 0.801. The van der Waals surface area contributed by atoms with Gasteiger partial charge in [0.15, 0.2) is 0 Å². The maximum absolute atomic E-state index is 12.9. The highest BCUT2D eigenvalue weighted by molar-refractivity contribution is 7.94. The standard InChI is InChI=1S/C16H24N4O4S/c1-3-9-17-15(21)11-19-13-7-5-6-8-14(13)20(25(19,23)24)12-16(22)18-10-4-2/h5-8H,3-4,9-12H2,1-2H3,(H,17,21)(H,18,22). The number of nitrogens with zero attached hydrogens (tertiary/aromatic N) is 2. The van der Waals surface area contributed by atoms with Crippen molar-refractivity contribution in [1.29, 1.82) is 0 Å². The van der Waals surface area contributed by atoms with Crippen molar-refractivity contribution in [3.63, 3.8) is 0 Å². The third-order valence-electron chi connectivity index (χ3n) is 3.69. The minimum absolute atomic E-state index is 0.313. The number of amides is 2. The van der Waals surface area contributed by atoms with Gasteiger partial charge in [0, 0.05) is 13.1 Å². The SMILES string of the molecule is CCCNC(=O)CN1c2ccccc2N(CC(=O)NCCC)S1(=O)=O. The summed E-state index contributed by atoms with van der Waals surface area (Å²) in [6.45, 7) is 4.17. The molecule has 1 aliphatic rings. The number of hydrogen-bond donors (Lipinski definition) is 2. The van der Waals surface area contributed by atoms with Gasteiger partial charge in [-0.15, -0.1) is 0 Å². The maximum atomic E-state index is 12.9. The van der Waals surface area contributed by atoms with Gasteiger partial charge in [-0.3, -0.25) is 9.59 Å². The number of nitrogens with one attached hydrogen (secondary N) is 2. The molecule has 1 heterocycles. The number of carbonyl (C=O) groups is 2. The van der Waals surface area contributed by atoms with Gasteiger partial charge >= 0.3 is 10.2 Å². The van der Waals surface area contributed by atoms with Gasteiger partial charge in [0.25, 0.3) is 0 Å². The molecule has 1 aromatic rings. The number of carbonyl (C=O) groups excluding carboxylic acids is 2. The van der Waals surface area contributed by atoms with Crippen LogP contribution in [0.15, 0.2) is 24.3 Å². The quantitative estimate of drug-likeness (QED) is 0.702. The Balaban J connectivity index is 2.25. The Kier molecular flexibility index (Phi) is 6.24. The molecule has 0 radical (unpaired) electrons. The van der Waals surface area contributed by atoms with Crippen molar-refractivity contribution in [2.45, 2.75) is 26.7 Å². The van der Waals surface area contributed by atoms with Crippen LogP contribution in [-0.2, 0) is 19.8 Å². The number of benzene rings is 1. The first-order valence-corrected chi connectivity index (χ1v) is 9.74. The largest absolute Gasteiger partial charge is 0.355 e. The van der Waals surface area contributed by atoms with Crippen LogP contribution in [-0.4, -0.2) is 46.4 Å². The molecule has 1 aromatic carbocycles. The molecule has 2 N–H and O–H groups in total. The molecule has 0 fully saturated rings. The normalized spacial score (nSPS) is 15.0. The van der Waals surface area contributed by atoms with Crippen LogP contribution in [0.2, 0.25) is 0 Å². The monoisotopic (exact) mass is 368 g/mol. The van der Waals surface area contributed by atoms with E-state index < -0.39 is 10.2 Å². The number of rotatable bonds is 8. The average Bonchev–Trinajstić information content (AvgIpc) is 2.79. The van der Waals surface area contributed by atoms with E-state index in [2.05, 4.69) is 10.6 Å². The lowest BCUT2D eigenvalue weighted by Gasteiger charge is -2.21. The second-order valence-corrected chi connectivity index (χ2v) is 7.49. The van der Waals surface area contributed by atoms with Crippen LogP contribution in [0, 0.1) is 0 Å². The zero-order chi connectivity index (χ0) is 18.4. The minimum atomic E-state index is -3.98. The number of hydrogen-bond acceptors (Lipinski definition) is 4. The summed E-state index contributed by atoms with van der Waals surface area (Å²) in [6.07, 6.45) is 1.53. The lowest BCUT2D eigenvalue weighted by Crippen LogP contribution is -2.46. The van der Waals surface area contributed by atoms with Gasteiger partial charge in [-0.1, -0.05) is 26.0 Å². The molecule has 138 valence electrons. The molecule has 2 amide bonds. The highest BCUT2D eigenvalue weighted by atomic mass is 32.2. The van der Waals surface area contributed by atoms with E-state index in [1.807, 2.05) is 13.8 Å². The summed E-state index contributed by atoms with van der Waals surface area (Å²) in [7, 11) is -3.98. The summed E-state index contributed by atoms with van der Waals surface area (Å²) < 4.78 is 27.8. The topological polar surface area (TPSA) is 98.8 Å². The Morgan fingerprint density at radius 1 is 0.880 bits per heavy atom. The van der Waals surface area contributed by atoms with Crippen molar-refractivity contribution in [1.82, 2.24) is 10.6 Å². The Bertz CT molecular complexity index is 680. The minimum Gasteiger partial charge on any atom is -0.355 e. The fourth-order valence-electron chi connectivity index (χ4n) is 2.49. The first kappa shape index (κ1) is 19.0. The molecule has 0 saturated carbocycles. The van der Waals surface area contributed by atoms with Gasteiger partial charge in [0.2, 0.25) is 11.8 Å². The average molecular weight is 368 g/mol. The van der Waals surface area contributed by atoms with E-state index in [-0.39, 0.29) is 24.9 Å². The van der Waals surface area contributed by atoms with Gasteiger partial charge in [0.1, 0.15) is 13.1 Å². The van der Waals surface area contributed by atoms with Crippen LogP contribution < -0.4 is 19.2 Å². The molecule has 0 spiro atoms. The second kappa shape index (κ2) is 8.19. The van der Waals surface area contributed by atoms with E-state index in [9.17, 15) is 18.0 Å². The third kappa shape index (κ3) is 4.22. The summed E-state index contributed by atoms with van der Waals surface area (Å²) in [6, 6.07) is 6.66. The lowest BCUT2D eigenvalue weighted by molar-refractivity contribution is -0.120. The highest BCUT2D eigenvalue weighted by Gasteiger charge is 2.41. The molecule has 0 aromatic heterocycles. The maximum Gasteiger partial charge on any atom is 0.327 e. The smallest absolute Gasteiger partial charge is 0.327 e. The molecule has 0 atom stereocenters. The summed E-state index contributed by atoms with van der Waals surface area (Å²) in [5.74, 6) is -0.755. The van der Waals surface area contributed by atoms with Gasteiger partial charge in [-0.05, 0) is 25.0 Å². The van der Waals surface area contributed by atoms with Crippen LogP contribution >= 0.6 is 0 Å². The Hall–Kier alpha value is -2.29. The molecule has 0 saturated heterocycles. The Morgan fingerprint density at radius 3 is 1.64 bits per heavy atom. The molecule has 1 aliphatic heterocycles. The fraction of sp³-hybridized carbons (Fsp3) is 0.500. The van der Waals surface area contributed by atoms with Crippen molar-refractivity contribution < 1.29 is 18.0 Å². The molecule has 25 heavy (non-hydrogen) atoms. The van der Waals surface area contributed by atoms with Crippen LogP contribution in [0.5, 0.6) is 0 Å². The molecule has 0 aliphatic carbocycles. The molecule has 0 bridgehead atoms. The Labute approximate surface area is 148 Å². The molecule has 9 heteroatoms. The van der Waals surface area contributed by atoms with Crippen molar-refractivity contribution >= 4 is 33.4 Å². The highest BCUT2D eigenvalue weighted by Crippen LogP contribution is 2.40. The van der Waals surface area contributed by atoms with E-state index in [1.54, 1.807) is 24.3 Å². The summed E-state index contributed by atoms with van der Waals surface area (Å²) in [5, 5.41) is 5.34. The van der Waals surface area contributed by atoms with Gasteiger partial charge in [-0.2, -0.15) is 8.42 Å². The van der Waals surface area contributed by atoms with Crippen LogP contribution in [0.25, 0.3) is 0 Å². The molecule has 8 nitrogen and oxygen atoms in total. The van der Waals surface area contributed by atoms with Crippen LogP contribution in [0.1, 0.15) is 26.7 Å². The van der Waals surface area contributed by atoms with Crippen molar-refractivity contribution in [2.75, 3.05) is 34.8 Å². The third-order valence-corrected chi connectivity index (χ3v) is 5.46. The van der Waals surface area contributed by atoms with Crippen molar-refractivity contribution in [2.24, 2.45) is 0 Å². The van der Waals surface area contributed by atoms with Crippen LogP contribution in [0.3, 0.4) is 0 Å². The molecular weight excluding hydrogens is 344 g/mol. The van der Waals surface area contributed by atoms with E-state index in [1.165, 1.54) is 0 Å².